The molecule has 1 aliphatic rings. The fourth-order valence-corrected chi connectivity index (χ4v) is 4.40. The highest BCUT2D eigenvalue weighted by atomic mass is 35.5. The molecule has 0 fully saturated rings. The van der Waals surface area contributed by atoms with Gasteiger partial charge in [-0.2, -0.15) is 0 Å². The largest absolute Gasteiger partial charge is 0.438 e. The van der Waals surface area contributed by atoms with E-state index in [2.05, 4.69) is 16.9 Å². The minimum absolute atomic E-state index is 0.652. The number of hydrogen-bond donors (Lipinski definition) is 0. The Morgan fingerprint density at radius 3 is 2.86 bits per heavy atom. The summed E-state index contributed by atoms with van der Waals surface area (Å²) in [5.41, 5.74) is 1.38. The molecule has 3 aromatic rings. The van der Waals surface area contributed by atoms with Crippen LogP contribution in [0.25, 0.3) is 10.2 Å². The van der Waals surface area contributed by atoms with Crippen molar-refractivity contribution in [2.24, 2.45) is 5.92 Å². The van der Waals surface area contributed by atoms with Crippen molar-refractivity contribution in [3.05, 3.63) is 46.1 Å². The number of benzene rings is 1. The first-order chi connectivity index (χ1) is 10.7. The number of aryl methyl sites for hydroxylation is 1. The monoisotopic (exact) mass is 330 g/mol. The van der Waals surface area contributed by atoms with Crippen LogP contribution in [0.5, 0.6) is 11.6 Å². The fraction of sp³-hybridized carbons (Fsp3) is 0.294. The third-order valence-electron chi connectivity index (χ3n) is 4.09. The lowest BCUT2D eigenvalue weighted by atomic mass is 9.89. The molecule has 0 saturated heterocycles. The Hall–Kier alpha value is -1.65. The zero-order valence-electron chi connectivity index (χ0n) is 12.2. The van der Waals surface area contributed by atoms with Crippen LogP contribution in [-0.4, -0.2) is 9.97 Å². The van der Waals surface area contributed by atoms with E-state index >= 15 is 0 Å². The molecule has 1 aromatic carbocycles. The van der Waals surface area contributed by atoms with Crippen LogP contribution < -0.4 is 4.74 Å². The molecule has 3 nitrogen and oxygen atoms in total. The Labute approximate surface area is 137 Å². The SMILES string of the molecule is CC1CCc2c(sc3ncnc(Oc4ccc(Cl)cc4)c23)C1. The molecule has 2 aromatic heterocycles. The first-order valence-electron chi connectivity index (χ1n) is 7.39. The summed E-state index contributed by atoms with van der Waals surface area (Å²) in [4.78, 5) is 11.3. The summed E-state index contributed by atoms with van der Waals surface area (Å²) in [6, 6.07) is 7.36. The molecule has 1 unspecified atom stereocenters. The van der Waals surface area contributed by atoms with Gasteiger partial charge in [-0.15, -0.1) is 11.3 Å². The predicted molar refractivity (Wildman–Crippen MR) is 90.1 cm³/mol. The molecule has 2 heterocycles. The lowest BCUT2D eigenvalue weighted by Crippen LogP contribution is -2.08. The van der Waals surface area contributed by atoms with E-state index < -0.39 is 0 Å². The van der Waals surface area contributed by atoms with Crippen LogP contribution in [0.4, 0.5) is 0 Å². The standard InChI is InChI=1S/C17H15ClN2OS/c1-10-2-7-13-14(8-10)22-17-15(13)16(19-9-20-17)21-12-5-3-11(18)4-6-12/h3-6,9-10H,2,7-8H2,1H3. The summed E-state index contributed by atoms with van der Waals surface area (Å²) in [6.07, 6.45) is 5.02. The first kappa shape index (κ1) is 14.0. The number of halogens is 1. The van der Waals surface area contributed by atoms with Crippen molar-refractivity contribution in [3.63, 3.8) is 0 Å². The van der Waals surface area contributed by atoms with Gasteiger partial charge in [0, 0.05) is 9.90 Å². The smallest absolute Gasteiger partial charge is 0.231 e. The van der Waals surface area contributed by atoms with Gasteiger partial charge in [0.2, 0.25) is 5.88 Å². The number of nitrogens with zero attached hydrogens (tertiary/aromatic N) is 2. The quantitative estimate of drug-likeness (QED) is 0.642. The van der Waals surface area contributed by atoms with Gasteiger partial charge in [-0.05, 0) is 55.0 Å². The molecular weight excluding hydrogens is 316 g/mol. The Morgan fingerprint density at radius 2 is 2.05 bits per heavy atom. The molecule has 4 rings (SSSR count). The van der Waals surface area contributed by atoms with E-state index in [1.807, 2.05) is 24.3 Å². The maximum absolute atomic E-state index is 5.99. The number of ether oxygens (including phenoxy) is 1. The molecule has 0 N–H and O–H groups in total. The minimum atomic E-state index is 0.652. The van der Waals surface area contributed by atoms with Crippen molar-refractivity contribution < 1.29 is 4.74 Å². The van der Waals surface area contributed by atoms with E-state index in [1.54, 1.807) is 17.7 Å². The average Bonchev–Trinajstić information content (AvgIpc) is 2.88. The van der Waals surface area contributed by atoms with Crippen LogP contribution in [0.3, 0.4) is 0 Å². The second-order valence-corrected chi connectivity index (χ2v) is 7.29. The zero-order chi connectivity index (χ0) is 15.1. The van der Waals surface area contributed by atoms with Crippen molar-refractivity contribution in [1.29, 1.82) is 0 Å². The molecule has 1 aliphatic carbocycles. The topological polar surface area (TPSA) is 35.0 Å². The second kappa shape index (κ2) is 5.52. The van der Waals surface area contributed by atoms with Crippen LogP contribution in [0, 0.1) is 5.92 Å². The number of rotatable bonds is 2. The first-order valence-corrected chi connectivity index (χ1v) is 8.59. The zero-order valence-corrected chi connectivity index (χ0v) is 13.7. The Bertz CT molecular complexity index is 829. The van der Waals surface area contributed by atoms with Crippen LogP contribution >= 0.6 is 22.9 Å². The summed E-state index contributed by atoms with van der Waals surface area (Å²) in [5, 5.41) is 1.78. The van der Waals surface area contributed by atoms with Gasteiger partial charge < -0.3 is 4.74 Å². The second-order valence-electron chi connectivity index (χ2n) is 5.77. The van der Waals surface area contributed by atoms with Gasteiger partial charge in [-0.1, -0.05) is 18.5 Å². The Morgan fingerprint density at radius 1 is 1.23 bits per heavy atom. The lowest BCUT2D eigenvalue weighted by molar-refractivity contribution is 0.466. The fourth-order valence-electron chi connectivity index (χ4n) is 2.94. The van der Waals surface area contributed by atoms with E-state index in [-0.39, 0.29) is 0 Å². The summed E-state index contributed by atoms with van der Waals surface area (Å²) < 4.78 is 5.99. The van der Waals surface area contributed by atoms with Crippen molar-refractivity contribution in [2.75, 3.05) is 0 Å². The highest BCUT2D eigenvalue weighted by molar-refractivity contribution is 7.18. The molecule has 0 radical (unpaired) electrons. The number of aromatic nitrogens is 2. The Balaban J connectivity index is 1.79. The molecule has 1 atom stereocenters. The van der Waals surface area contributed by atoms with Crippen molar-refractivity contribution in [1.82, 2.24) is 9.97 Å². The molecule has 5 heteroatoms. The van der Waals surface area contributed by atoms with Crippen LogP contribution in [0.2, 0.25) is 5.02 Å². The number of hydrogen-bond acceptors (Lipinski definition) is 4. The van der Waals surface area contributed by atoms with Crippen molar-refractivity contribution in [2.45, 2.75) is 26.2 Å². The summed E-state index contributed by atoms with van der Waals surface area (Å²) in [5.74, 6) is 2.14. The van der Waals surface area contributed by atoms with Gasteiger partial charge in [0.15, 0.2) is 0 Å². The molecule has 0 amide bonds. The van der Waals surface area contributed by atoms with Crippen LogP contribution in [0.15, 0.2) is 30.6 Å². The van der Waals surface area contributed by atoms with E-state index in [1.165, 1.54) is 16.9 Å². The van der Waals surface area contributed by atoms with Gasteiger partial charge in [-0.3, -0.25) is 0 Å². The number of fused-ring (bicyclic) bond motifs is 3. The maximum atomic E-state index is 5.99. The Kier molecular flexibility index (Phi) is 3.51. The van der Waals surface area contributed by atoms with Gasteiger partial charge >= 0.3 is 0 Å². The van der Waals surface area contributed by atoms with E-state index in [9.17, 15) is 0 Å². The number of thiophene rings is 1. The van der Waals surface area contributed by atoms with E-state index in [0.29, 0.717) is 10.9 Å². The van der Waals surface area contributed by atoms with Crippen LogP contribution in [0.1, 0.15) is 23.8 Å². The highest BCUT2D eigenvalue weighted by Gasteiger charge is 2.23. The molecule has 0 spiro atoms. The maximum Gasteiger partial charge on any atom is 0.231 e. The summed E-state index contributed by atoms with van der Waals surface area (Å²) in [6.45, 7) is 2.31. The van der Waals surface area contributed by atoms with Crippen LogP contribution in [-0.2, 0) is 12.8 Å². The molecule has 0 aliphatic heterocycles. The molecule has 22 heavy (non-hydrogen) atoms. The highest BCUT2D eigenvalue weighted by Crippen LogP contribution is 2.41. The molecule has 0 saturated carbocycles. The third kappa shape index (κ3) is 2.46. The predicted octanol–water partition coefficient (Wildman–Crippen LogP) is 5.26. The summed E-state index contributed by atoms with van der Waals surface area (Å²) in [7, 11) is 0. The van der Waals surface area contributed by atoms with Gasteiger partial charge in [-0.25, -0.2) is 9.97 Å². The average molecular weight is 331 g/mol. The van der Waals surface area contributed by atoms with E-state index in [4.69, 9.17) is 16.3 Å². The lowest BCUT2D eigenvalue weighted by Gasteiger charge is -2.18. The third-order valence-corrected chi connectivity index (χ3v) is 5.50. The van der Waals surface area contributed by atoms with E-state index in [0.717, 1.165) is 34.7 Å². The van der Waals surface area contributed by atoms with Gasteiger partial charge in [0.05, 0.1) is 5.39 Å². The minimum Gasteiger partial charge on any atom is -0.438 e. The normalized spacial score (nSPS) is 17.5. The molecule has 112 valence electrons. The summed E-state index contributed by atoms with van der Waals surface area (Å²) >= 11 is 7.70. The van der Waals surface area contributed by atoms with Gasteiger partial charge in [0.1, 0.15) is 16.9 Å². The molecule has 0 bridgehead atoms. The van der Waals surface area contributed by atoms with Crippen molar-refractivity contribution >= 4 is 33.2 Å². The van der Waals surface area contributed by atoms with Crippen molar-refractivity contribution in [3.8, 4) is 11.6 Å². The molecular formula is C17H15ClN2OS. The van der Waals surface area contributed by atoms with Gasteiger partial charge in [0.25, 0.3) is 0 Å².